The van der Waals surface area contributed by atoms with Gasteiger partial charge in [-0.3, -0.25) is 15.4 Å². The number of anilines is 1. The summed E-state index contributed by atoms with van der Waals surface area (Å²) >= 11 is 7.19. The van der Waals surface area contributed by atoms with Crippen molar-refractivity contribution in [1.82, 2.24) is 25.5 Å². The van der Waals surface area contributed by atoms with Gasteiger partial charge in [0.2, 0.25) is 0 Å². The van der Waals surface area contributed by atoms with Gasteiger partial charge in [-0.2, -0.15) is 4.80 Å². The zero-order valence-corrected chi connectivity index (χ0v) is 13.5. The number of hydrogen-bond donors (Lipinski definition) is 2. The molecule has 2 N–H and O–H groups in total. The van der Waals surface area contributed by atoms with Gasteiger partial charge in [-0.25, -0.2) is 0 Å². The van der Waals surface area contributed by atoms with Crippen LogP contribution in [-0.4, -0.2) is 31.2 Å². The normalized spacial score (nSPS) is 10.1. The first-order valence-electron chi connectivity index (χ1n) is 5.74. The Balaban J connectivity index is 1.94. The zero-order valence-electron chi connectivity index (χ0n) is 10.5. The lowest BCUT2D eigenvalue weighted by Gasteiger charge is -2.06. The molecule has 0 aliphatic rings. The van der Waals surface area contributed by atoms with Crippen LogP contribution < -0.4 is 10.6 Å². The Morgan fingerprint density at radius 3 is 2.70 bits per heavy atom. The number of nitrogens with one attached hydrogen (secondary N) is 2. The molecule has 0 fully saturated rings. The summed E-state index contributed by atoms with van der Waals surface area (Å²) < 4.78 is 1.06. The molecule has 2 rings (SSSR count). The smallest absolute Gasteiger partial charge is 0.269 e. The van der Waals surface area contributed by atoms with Crippen LogP contribution in [0.3, 0.4) is 0 Å². The van der Waals surface area contributed by atoms with Crippen molar-refractivity contribution in [3.05, 3.63) is 33.4 Å². The lowest BCUT2D eigenvalue weighted by Crippen LogP contribution is -2.34. The Kier molecular flexibility index (Phi) is 4.95. The third kappa shape index (κ3) is 3.93. The van der Waals surface area contributed by atoms with Gasteiger partial charge in [0.25, 0.3) is 11.9 Å². The largest absolute Gasteiger partial charge is 0.299 e. The minimum Gasteiger partial charge on any atom is -0.299 e. The number of carbonyl (C=O) groups excluding carboxylic acids is 1. The van der Waals surface area contributed by atoms with E-state index < -0.39 is 0 Å². The van der Waals surface area contributed by atoms with E-state index in [2.05, 4.69) is 48.6 Å². The van der Waals surface area contributed by atoms with E-state index in [0.29, 0.717) is 12.1 Å². The fourth-order valence-corrected chi connectivity index (χ4v) is 1.88. The molecule has 0 bridgehead atoms. The van der Waals surface area contributed by atoms with Gasteiger partial charge in [-0.15, -0.1) is 5.10 Å². The first-order chi connectivity index (χ1) is 9.58. The van der Waals surface area contributed by atoms with Crippen molar-refractivity contribution in [2.75, 3.05) is 5.32 Å². The van der Waals surface area contributed by atoms with Crippen molar-refractivity contribution >= 4 is 51.8 Å². The molecular weight excluding hydrogens is 391 g/mol. The van der Waals surface area contributed by atoms with E-state index in [-0.39, 0.29) is 17.0 Å². The van der Waals surface area contributed by atoms with Crippen molar-refractivity contribution in [2.45, 2.75) is 13.5 Å². The molecule has 0 saturated heterocycles. The number of nitrogens with zero attached hydrogens (tertiary/aromatic N) is 4. The van der Waals surface area contributed by atoms with Gasteiger partial charge in [-0.1, -0.05) is 5.10 Å². The second kappa shape index (κ2) is 6.70. The highest BCUT2D eigenvalue weighted by Crippen LogP contribution is 2.06. The average Bonchev–Trinajstić information content (AvgIpc) is 2.86. The van der Waals surface area contributed by atoms with E-state index in [1.807, 2.05) is 19.1 Å². The summed E-state index contributed by atoms with van der Waals surface area (Å²) in [7, 11) is 0. The van der Waals surface area contributed by atoms with E-state index in [9.17, 15) is 4.79 Å². The Labute approximate surface area is 134 Å². The van der Waals surface area contributed by atoms with Gasteiger partial charge in [0.15, 0.2) is 5.11 Å². The maximum Gasteiger partial charge on any atom is 0.269 e. The minimum absolute atomic E-state index is 0.129. The van der Waals surface area contributed by atoms with Crippen molar-refractivity contribution in [3.8, 4) is 0 Å². The predicted octanol–water partition coefficient (Wildman–Crippen LogP) is 1.42. The maximum atomic E-state index is 11.9. The van der Waals surface area contributed by atoms with E-state index >= 15 is 0 Å². The molecule has 7 nitrogen and oxygen atoms in total. The number of hydrogen-bond acceptors (Lipinski definition) is 5. The van der Waals surface area contributed by atoms with E-state index in [1.165, 1.54) is 4.80 Å². The number of carbonyl (C=O) groups is 1. The number of amides is 1. The third-order valence-electron chi connectivity index (χ3n) is 2.29. The molecule has 0 aliphatic heterocycles. The van der Waals surface area contributed by atoms with Gasteiger partial charge in [0.1, 0.15) is 0 Å². The summed E-state index contributed by atoms with van der Waals surface area (Å²) in [6, 6.07) is 7.15. The van der Waals surface area contributed by atoms with Gasteiger partial charge in [-0.05, 0) is 71.2 Å². The molecule has 0 spiro atoms. The number of tetrazole rings is 1. The summed E-state index contributed by atoms with van der Waals surface area (Å²) in [4.78, 5) is 13.3. The molecule has 1 heterocycles. The lowest BCUT2D eigenvalue weighted by molar-refractivity contribution is 0.0977. The van der Waals surface area contributed by atoms with Gasteiger partial charge >= 0.3 is 0 Å². The summed E-state index contributed by atoms with van der Waals surface area (Å²) in [6.07, 6.45) is 0. The Hall–Kier alpha value is -1.62. The monoisotopic (exact) mass is 402 g/mol. The number of rotatable bonds is 3. The fourth-order valence-electron chi connectivity index (χ4n) is 1.34. The predicted molar refractivity (Wildman–Crippen MR) is 86.3 cm³/mol. The number of halogens is 1. The highest BCUT2D eigenvalue weighted by Gasteiger charge is 2.09. The van der Waals surface area contributed by atoms with Gasteiger partial charge < -0.3 is 0 Å². The fraction of sp³-hybridized carbons (Fsp3) is 0.182. The first-order valence-corrected chi connectivity index (χ1v) is 7.23. The molecule has 1 aromatic heterocycles. The van der Waals surface area contributed by atoms with Crippen molar-refractivity contribution < 1.29 is 4.79 Å². The molecule has 20 heavy (non-hydrogen) atoms. The highest BCUT2D eigenvalue weighted by molar-refractivity contribution is 14.1. The molecule has 0 unspecified atom stereocenters. The molecule has 0 atom stereocenters. The topological polar surface area (TPSA) is 84.7 Å². The Morgan fingerprint density at radius 1 is 1.40 bits per heavy atom. The molecule has 2 aromatic rings. The Bertz CT molecular complexity index is 626. The second-order valence-corrected chi connectivity index (χ2v) is 5.37. The van der Waals surface area contributed by atoms with Crippen LogP contribution in [0.1, 0.15) is 17.3 Å². The molecule has 9 heteroatoms. The molecule has 0 aliphatic carbocycles. The second-order valence-electron chi connectivity index (χ2n) is 3.72. The van der Waals surface area contributed by atoms with Crippen LogP contribution in [0, 0.1) is 3.57 Å². The number of thiocarbonyl (C=S) groups is 1. The maximum absolute atomic E-state index is 11.9. The number of aryl methyl sites for hydroxylation is 1. The van der Waals surface area contributed by atoms with Crippen LogP contribution >= 0.6 is 34.8 Å². The van der Waals surface area contributed by atoms with Crippen LogP contribution in [0.2, 0.25) is 0 Å². The SMILES string of the molecule is CCn1nnc(NC(=S)NC(=O)c2ccc(I)cc2)n1. The highest BCUT2D eigenvalue weighted by atomic mass is 127. The number of aromatic nitrogens is 4. The van der Waals surface area contributed by atoms with Crippen molar-refractivity contribution in [1.29, 1.82) is 0 Å². The molecule has 1 aromatic carbocycles. The summed E-state index contributed by atoms with van der Waals surface area (Å²) in [5.41, 5.74) is 0.528. The van der Waals surface area contributed by atoms with E-state index in [4.69, 9.17) is 12.2 Å². The van der Waals surface area contributed by atoms with Crippen molar-refractivity contribution in [2.24, 2.45) is 0 Å². The minimum atomic E-state index is -0.290. The van der Waals surface area contributed by atoms with Crippen LogP contribution in [0.5, 0.6) is 0 Å². The van der Waals surface area contributed by atoms with E-state index in [0.717, 1.165) is 3.57 Å². The third-order valence-corrected chi connectivity index (χ3v) is 3.22. The summed E-state index contributed by atoms with van der Waals surface area (Å²) in [6.45, 7) is 2.50. The van der Waals surface area contributed by atoms with Crippen LogP contribution in [0.25, 0.3) is 0 Å². The Morgan fingerprint density at radius 2 is 2.10 bits per heavy atom. The number of benzene rings is 1. The molecule has 1 amide bonds. The van der Waals surface area contributed by atoms with Crippen LogP contribution in [0.4, 0.5) is 5.95 Å². The molecule has 0 saturated carbocycles. The zero-order chi connectivity index (χ0) is 14.5. The van der Waals surface area contributed by atoms with E-state index in [1.54, 1.807) is 12.1 Å². The van der Waals surface area contributed by atoms with Crippen LogP contribution in [0.15, 0.2) is 24.3 Å². The van der Waals surface area contributed by atoms with Gasteiger partial charge in [0.05, 0.1) is 6.54 Å². The lowest BCUT2D eigenvalue weighted by atomic mass is 10.2. The average molecular weight is 402 g/mol. The standard InChI is InChI=1S/C11H11IN6OS/c1-2-18-16-10(15-17-18)14-11(20)13-9(19)7-3-5-8(12)6-4-7/h3-6H,2H2,1H3,(H2,13,14,16,19,20). The van der Waals surface area contributed by atoms with Crippen LogP contribution in [-0.2, 0) is 6.54 Å². The van der Waals surface area contributed by atoms with Crippen molar-refractivity contribution in [3.63, 3.8) is 0 Å². The molecule has 104 valence electrons. The molecular formula is C11H11IN6OS. The molecule has 0 radical (unpaired) electrons. The summed E-state index contributed by atoms with van der Waals surface area (Å²) in [5, 5.41) is 16.9. The summed E-state index contributed by atoms with van der Waals surface area (Å²) in [5.74, 6) is -0.0402. The quantitative estimate of drug-likeness (QED) is 0.597. The first kappa shape index (κ1) is 14.8. The van der Waals surface area contributed by atoms with Gasteiger partial charge in [0, 0.05) is 9.13 Å².